The van der Waals surface area contributed by atoms with Gasteiger partial charge in [-0.2, -0.15) is 0 Å². The molecule has 0 N–H and O–H groups in total. The number of carbonyl (C=O) groups is 2. The number of piperidine rings is 2. The van der Waals surface area contributed by atoms with Crippen molar-refractivity contribution in [1.82, 2.24) is 14.8 Å². The molecule has 2 aliphatic heterocycles. The highest BCUT2D eigenvalue weighted by atomic mass is 32.1. The van der Waals surface area contributed by atoms with E-state index in [1.165, 1.54) is 24.8 Å². The van der Waals surface area contributed by atoms with Gasteiger partial charge in [0.25, 0.3) is 5.91 Å². The molecule has 1 aromatic carbocycles. The molecule has 1 saturated carbocycles. The van der Waals surface area contributed by atoms with Crippen molar-refractivity contribution >= 4 is 23.2 Å². The molecule has 35 heavy (non-hydrogen) atoms. The molecule has 3 fully saturated rings. The SMILES string of the molecule is COc1ccccc1C1CCN(C(=O)c2csc(C3CCN(C(=O)C4CCCCC4)CC3)n2)CC1. The van der Waals surface area contributed by atoms with Crippen LogP contribution in [-0.2, 0) is 4.79 Å². The van der Waals surface area contributed by atoms with E-state index in [2.05, 4.69) is 17.0 Å². The van der Waals surface area contributed by atoms with Crippen molar-refractivity contribution in [2.45, 2.75) is 69.6 Å². The Hall–Kier alpha value is -2.41. The molecule has 0 radical (unpaired) electrons. The van der Waals surface area contributed by atoms with E-state index in [0.29, 0.717) is 23.4 Å². The second-order valence-electron chi connectivity index (χ2n) is 10.3. The zero-order valence-corrected chi connectivity index (χ0v) is 21.6. The lowest BCUT2D eigenvalue weighted by Gasteiger charge is -2.34. The van der Waals surface area contributed by atoms with Crippen molar-refractivity contribution in [3.05, 3.63) is 45.9 Å². The van der Waals surface area contributed by atoms with E-state index in [4.69, 9.17) is 9.72 Å². The Kier molecular flexibility index (Phi) is 7.71. The van der Waals surface area contributed by atoms with Gasteiger partial charge in [-0.05, 0) is 56.1 Å². The molecule has 0 unspecified atom stereocenters. The number of para-hydroxylation sites is 1. The summed E-state index contributed by atoms with van der Waals surface area (Å²) in [6, 6.07) is 8.21. The van der Waals surface area contributed by atoms with Gasteiger partial charge >= 0.3 is 0 Å². The number of ether oxygens (including phenoxy) is 1. The number of nitrogens with zero attached hydrogens (tertiary/aromatic N) is 3. The summed E-state index contributed by atoms with van der Waals surface area (Å²) in [5, 5.41) is 2.99. The molecule has 6 nitrogen and oxygen atoms in total. The second kappa shape index (κ2) is 11.1. The molecule has 0 spiro atoms. The molecule has 5 rings (SSSR count). The van der Waals surface area contributed by atoms with Gasteiger partial charge in [0.2, 0.25) is 5.91 Å². The van der Waals surface area contributed by atoms with E-state index in [1.807, 2.05) is 22.4 Å². The van der Waals surface area contributed by atoms with Crippen molar-refractivity contribution in [2.24, 2.45) is 5.92 Å². The number of hydrogen-bond acceptors (Lipinski definition) is 5. The van der Waals surface area contributed by atoms with Crippen LogP contribution in [0.15, 0.2) is 29.6 Å². The highest BCUT2D eigenvalue weighted by Crippen LogP contribution is 2.35. The number of aromatic nitrogens is 1. The first kappa shape index (κ1) is 24.3. The van der Waals surface area contributed by atoms with Crippen molar-refractivity contribution in [3.8, 4) is 5.75 Å². The van der Waals surface area contributed by atoms with Crippen molar-refractivity contribution in [3.63, 3.8) is 0 Å². The molecule has 3 aliphatic rings. The standard InChI is InChI=1S/C28H37N3O3S/c1-34-25-10-6-5-9-23(25)20-11-15-31(16-12-20)28(33)24-19-35-26(29-24)21-13-17-30(18-14-21)27(32)22-7-3-2-4-8-22/h5-6,9-10,19-22H,2-4,7-8,11-18H2,1H3. The van der Waals surface area contributed by atoms with E-state index in [0.717, 1.165) is 75.5 Å². The number of rotatable bonds is 5. The van der Waals surface area contributed by atoms with Gasteiger partial charge < -0.3 is 14.5 Å². The van der Waals surface area contributed by atoms with Gasteiger partial charge in [-0.25, -0.2) is 4.98 Å². The fraction of sp³-hybridized carbons (Fsp3) is 0.607. The summed E-state index contributed by atoms with van der Waals surface area (Å²) in [5.74, 6) is 2.38. The maximum absolute atomic E-state index is 13.2. The van der Waals surface area contributed by atoms with E-state index < -0.39 is 0 Å². The van der Waals surface area contributed by atoms with Crippen LogP contribution in [0.4, 0.5) is 0 Å². The zero-order chi connectivity index (χ0) is 24.2. The molecule has 2 saturated heterocycles. The van der Waals surface area contributed by atoms with Crippen LogP contribution in [0.5, 0.6) is 5.75 Å². The van der Waals surface area contributed by atoms with Gasteiger partial charge in [-0.1, -0.05) is 37.5 Å². The fourth-order valence-electron chi connectivity index (χ4n) is 6.09. The Balaban J connectivity index is 1.13. The highest BCUT2D eigenvalue weighted by Gasteiger charge is 2.32. The summed E-state index contributed by atoms with van der Waals surface area (Å²) >= 11 is 1.61. The van der Waals surface area contributed by atoms with Gasteiger partial charge in [0, 0.05) is 43.4 Å². The summed E-state index contributed by atoms with van der Waals surface area (Å²) in [7, 11) is 1.72. The molecule has 1 aliphatic carbocycles. The third kappa shape index (κ3) is 5.40. The summed E-state index contributed by atoms with van der Waals surface area (Å²) in [6.07, 6.45) is 9.57. The van der Waals surface area contributed by atoms with Crippen LogP contribution in [0.1, 0.15) is 90.7 Å². The van der Waals surface area contributed by atoms with Gasteiger partial charge in [-0.3, -0.25) is 9.59 Å². The quantitative estimate of drug-likeness (QED) is 0.553. The third-order valence-electron chi connectivity index (χ3n) is 8.21. The van der Waals surface area contributed by atoms with E-state index in [1.54, 1.807) is 18.4 Å². The topological polar surface area (TPSA) is 62.7 Å². The van der Waals surface area contributed by atoms with Gasteiger partial charge in [-0.15, -0.1) is 11.3 Å². The minimum atomic E-state index is 0.0517. The monoisotopic (exact) mass is 495 g/mol. The first-order chi connectivity index (χ1) is 17.1. The van der Waals surface area contributed by atoms with E-state index in [-0.39, 0.29) is 11.8 Å². The van der Waals surface area contributed by atoms with Crippen LogP contribution in [0, 0.1) is 5.92 Å². The maximum Gasteiger partial charge on any atom is 0.273 e. The van der Waals surface area contributed by atoms with E-state index in [9.17, 15) is 9.59 Å². The average molecular weight is 496 g/mol. The summed E-state index contributed by atoms with van der Waals surface area (Å²) < 4.78 is 5.54. The lowest BCUT2D eigenvalue weighted by atomic mass is 9.87. The number of amides is 2. The van der Waals surface area contributed by atoms with Crippen LogP contribution in [0.25, 0.3) is 0 Å². The number of benzene rings is 1. The molecule has 7 heteroatoms. The lowest BCUT2D eigenvalue weighted by molar-refractivity contribution is -0.137. The number of hydrogen-bond donors (Lipinski definition) is 0. The molecule has 0 atom stereocenters. The maximum atomic E-state index is 13.2. The van der Waals surface area contributed by atoms with Crippen molar-refractivity contribution < 1.29 is 14.3 Å². The Morgan fingerprint density at radius 1 is 0.886 bits per heavy atom. The van der Waals surface area contributed by atoms with Crippen LogP contribution in [0.3, 0.4) is 0 Å². The predicted octanol–water partition coefficient (Wildman–Crippen LogP) is 5.46. The molecule has 0 bridgehead atoms. The van der Waals surface area contributed by atoms with Crippen LogP contribution < -0.4 is 4.74 Å². The molecule has 2 aromatic rings. The summed E-state index contributed by atoms with van der Waals surface area (Å²) in [5.41, 5.74) is 1.83. The first-order valence-corrected chi connectivity index (χ1v) is 14.2. The lowest BCUT2D eigenvalue weighted by Crippen LogP contribution is -2.41. The van der Waals surface area contributed by atoms with Crippen molar-refractivity contribution in [1.29, 1.82) is 0 Å². The van der Waals surface area contributed by atoms with Gasteiger partial charge in [0.15, 0.2) is 0 Å². The number of likely N-dealkylation sites (tertiary alicyclic amines) is 2. The first-order valence-electron chi connectivity index (χ1n) is 13.3. The predicted molar refractivity (Wildman–Crippen MR) is 138 cm³/mol. The molecule has 2 amide bonds. The minimum Gasteiger partial charge on any atom is -0.496 e. The normalized spacial score (nSPS) is 20.7. The largest absolute Gasteiger partial charge is 0.496 e. The number of methoxy groups -OCH3 is 1. The van der Waals surface area contributed by atoms with Crippen LogP contribution in [-0.4, -0.2) is 59.9 Å². The molecule has 3 heterocycles. The molecular weight excluding hydrogens is 458 g/mol. The average Bonchev–Trinajstić information content (AvgIpc) is 3.43. The molecule has 188 valence electrons. The minimum absolute atomic E-state index is 0.0517. The summed E-state index contributed by atoms with van der Waals surface area (Å²) in [4.78, 5) is 34.9. The second-order valence-corrected chi connectivity index (χ2v) is 11.2. The number of thiazole rings is 1. The fourth-order valence-corrected chi connectivity index (χ4v) is 7.05. The smallest absolute Gasteiger partial charge is 0.273 e. The Morgan fingerprint density at radius 2 is 1.54 bits per heavy atom. The molecular formula is C28H37N3O3S. The van der Waals surface area contributed by atoms with Gasteiger partial charge in [0.1, 0.15) is 11.4 Å². The number of carbonyl (C=O) groups excluding carboxylic acids is 2. The Labute approximate surface area is 212 Å². The summed E-state index contributed by atoms with van der Waals surface area (Å²) in [6.45, 7) is 3.13. The van der Waals surface area contributed by atoms with Gasteiger partial charge in [0.05, 0.1) is 12.1 Å². The third-order valence-corrected chi connectivity index (χ3v) is 9.22. The Morgan fingerprint density at radius 3 is 2.26 bits per heavy atom. The Bertz CT molecular complexity index is 1020. The zero-order valence-electron chi connectivity index (χ0n) is 20.8. The highest BCUT2D eigenvalue weighted by molar-refractivity contribution is 7.09. The van der Waals surface area contributed by atoms with Crippen LogP contribution >= 0.6 is 11.3 Å². The van der Waals surface area contributed by atoms with Crippen molar-refractivity contribution in [2.75, 3.05) is 33.3 Å². The van der Waals surface area contributed by atoms with Crippen LogP contribution in [0.2, 0.25) is 0 Å². The molecule has 1 aromatic heterocycles. The van der Waals surface area contributed by atoms with E-state index >= 15 is 0 Å².